The Morgan fingerprint density at radius 1 is 1.32 bits per heavy atom. The summed E-state index contributed by atoms with van der Waals surface area (Å²) < 4.78 is 11.3. The van der Waals surface area contributed by atoms with Crippen molar-refractivity contribution in [2.24, 2.45) is 0 Å². The fraction of sp³-hybridized carbons (Fsp3) is 0.500. The van der Waals surface area contributed by atoms with Gasteiger partial charge in [0.1, 0.15) is 5.75 Å². The molecule has 25 heavy (non-hydrogen) atoms. The van der Waals surface area contributed by atoms with E-state index < -0.39 is 0 Å². The second-order valence-electron chi connectivity index (χ2n) is 6.59. The van der Waals surface area contributed by atoms with Crippen LogP contribution >= 0.6 is 11.8 Å². The van der Waals surface area contributed by atoms with E-state index in [4.69, 9.17) is 9.15 Å². The Morgan fingerprint density at radius 2 is 2.08 bits per heavy atom. The molecule has 2 rings (SSSR count). The molecule has 1 aromatic carbocycles. The number of aromatic nitrogens is 2. The van der Waals surface area contributed by atoms with Crippen LogP contribution in [0.3, 0.4) is 0 Å². The average molecular weight is 363 g/mol. The SMILES string of the molecule is CCC(C)(C)NC(=O)CSc1nnc(COc2cc(C)ccc2C)o1. The number of ether oxygens (including phenoxy) is 1. The fourth-order valence-electron chi connectivity index (χ4n) is 1.99. The van der Waals surface area contributed by atoms with E-state index in [9.17, 15) is 4.79 Å². The fourth-order valence-corrected chi connectivity index (χ4v) is 2.57. The van der Waals surface area contributed by atoms with E-state index in [0.717, 1.165) is 23.3 Å². The molecule has 7 heteroatoms. The van der Waals surface area contributed by atoms with Gasteiger partial charge < -0.3 is 14.5 Å². The van der Waals surface area contributed by atoms with Gasteiger partial charge in [0.25, 0.3) is 11.1 Å². The zero-order valence-electron chi connectivity index (χ0n) is 15.4. The maximum atomic E-state index is 11.9. The molecule has 1 aromatic heterocycles. The number of carbonyl (C=O) groups is 1. The summed E-state index contributed by atoms with van der Waals surface area (Å²) in [6.45, 7) is 10.2. The van der Waals surface area contributed by atoms with Gasteiger partial charge in [0, 0.05) is 5.54 Å². The molecule has 0 atom stereocenters. The highest BCUT2D eigenvalue weighted by Gasteiger charge is 2.18. The Bertz CT molecular complexity index is 728. The molecule has 0 aliphatic carbocycles. The van der Waals surface area contributed by atoms with Crippen LogP contribution in [0, 0.1) is 13.8 Å². The van der Waals surface area contributed by atoms with Crippen LogP contribution in [0.15, 0.2) is 27.8 Å². The molecular weight excluding hydrogens is 338 g/mol. The van der Waals surface area contributed by atoms with Crippen molar-refractivity contribution < 1.29 is 13.9 Å². The lowest BCUT2D eigenvalue weighted by molar-refractivity contribution is -0.120. The van der Waals surface area contributed by atoms with Gasteiger partial charge in [-0.1, -0.05) is 30.8 Å². The number of nitrogens with one attached hydrogen (secondary N) is 1. The molecule has 0 spiro atoms. The smallest absolute Gasteiger partial charge is 0.277 e. The Morgan fingerprint density at radius 3 is 2.80 bits per heavy atom. The molecule has 0 saturated carbocycles. The van der Waals surface area contributed by atoms with Crippen LogP contribution in [0.25, 0.3) is 0 Å². The lowest BCUT2D eigenvalue weighted by atomic mass is 10.0. The summed E-state index contributed by atoms with van der Waals surface area (Å²) in [5, 5.41) is 11.2. The van der Waals surface area contributed by atoms with Crippen molar-refractivity contribution in [1.29, 1.82) is 0 Å². The Balaban J connectivity index is 1.84. The zero-order valence-corrected chi connectivity index (χ0v) is 16.2. The molecule has 0 fully saturated rings. The topological polar surface area (TPSA) is 77.2 Å². The number of rotatable bonds is 8. The van der Waals surface area contributed by atoms with E-state index >= 15 is 0 Å². The summed E-state index contributed by atoms with van der Waals surface area (Å²) in [4.78, 5) is 11.9. The highest BCUT2D eigenvalue weighted by molar-refractivity contribution is 7.99. The third-order valence-electron chi connectivity index (χ3n) is 3.83. The quantitative estimate of drug-likeness (QED) is 0.721. The van der Waals surface area contributed by atoms with Crippen molar-refractivity contribution in [2.75, 3.05) is 5.75 Å². The summed E-state index contributed by atoms with van der Waals surface area (Å²) in [6, 6.07) is 6.02. The van der Waals surface area contributed by atoms with E-state index in [-0.39, 0.29) is 23.8 Å². The van der Waals surface area contributed by atoms with Gasteiger partial charge >= 0.3 is 0 Å². The van der Waals surface area contributed by atoms with Crippen molar-refractivity contribution in [3.05, 3.63) is 35.2 Å². The molecule has 0 unspecified atom stereocenters. The van der Waals surface area contributed by atoms with Crippen molar-refractivity contribution >= 4 is 17.7 Å². The summed E-state index contributed by atoms with van der Waals surface area (Å²) in [6.07, 6.45) is 0.865. The van der Waals surface area contributed by atoms with Gasteiger partial charge in [-0.15, -0.1) is 10.2 Å². The number of benzene rings is 1. The summed E-state index contributed by atoms with van der Waals surface area (Å²) >= 11 is 1.22. The first-order valence-electron chi connectivity index (χ1n) is 8.25. The van der Waals surface area contributed by atoms with Gasteiger partial charge in [-0.25, -0.2) is 0 Å². The maximum absolute atomic E-state index is 11.9. The molecule has 0 bridgehead atoms. The molecule has 136 valence electrons. The van der Waals surface area contributed by atoms with Crippen LogP contribution in [0.2, 0.25) is 0 Å². The first-order chi connectivity index (χ1) is 11.8. The van der Waals surface area contributed by atoms with E-state index in [2.05, 4.69) is 15.5 Å². The van der Waals surface area contributed by atoms with Crippen LogP contribution < -0.4 is 10.1 Å². The Hall–Kier alpha value is -2.02. The second-order valence-corrected chi connectivity index (χ2v) is 7.52. The van der Waals surface area contributed by atoms with Gasteiger partial charge in [0.05, 0.1) is 5.75 Å². The third kappa shape index (κ3) is 6.08. The highest BCUT2D eigenvalue weighted by atomic mass is 32.2. The lowest BCUT2D eigenvalue weighted by Crippen LogP contribution is -2.43. The molecular formula is C18H25N3O3S. The normalized spacial score (nSPS) is 11.4. The van der Waals surface area contributed by atoms with Crippen LogP contribution in [0.4, 0.5) is 0 Å². The largest absolute Gasteiger partial charge is 0.484 e. The van der Waals surface area contributed by atoms with Gasteiger partial charge in [-0.3, -0.25) is 4.79 Å². The Kier molecular flexibility index (Phi) is 6.47. The number of carbonyl (C=O) groups excluding carboxylic acids is 1. The number of hydrogen-bond donors (Lipinski definition) is 1. The molecule has 1 N–H and O–H groups in total. The first-order valence-corrected chi connectivity index (χ1v) is 9.24. The minimum absolute atomic E-state index is 0.0526. The van der Waals surface area contributed by atoms with Crippen molar-refractivity contribution in [2.45, 2.75) is 58.4 Å². The van der Waals surface area contributed by atoms with E-state index in [1.54, 1.807) is 0 Å². The monoisotopic (exact) mass is 363 g/mol. The zero-order chi connectivity index (χ0) is 18.4. The van der Waals surface area contributed by atoms with Crippen LogP contribution in [-0.2, 0) is 11.4 Å². The van der Waals surface area contributed by atoms with Crippen LogP contribution in [0.1, 0.15) is 44.2 Å². The highest BCUT2D eigenvalue weighted by Crippen LogP contribution is 2.21. The van der Waals surface area contributed by atoms with E-state index in [0.29, 0.717) is 11.1 Å². The van der Waals surface area contributed by atoms with Gasteiger partial charge in [0.2, 0.25) is 5.91 Å². The average Bonchev–Trinajstić information content (AvgIpc) is 3.01. The summed E-state index contributed by atoms with van der Waals surface area (Å²) in [7, 11) is 0. The van der Waals surface area contributed by atoms with E-state index in [1.807, 2.05) is 52.8 Å². The van der Waals surface area contributed by atoms with Crippen LogP contribution in [-0.4, -0.2) is 27.4 Å². The molecule has 1 heterocycles. The third-order valence-corrected chi connectivity index (χ3v) is 4.65. The van der Waals surface area contributed by atoms with Gasteiger partial charge in [-0.05, 0) is 51.3 Å². The molecule has 0 aliphatic rings. The molecule has 0 radical (unpaired) electrons. The second kappa shape index (κ2) is 8.38. The van der Waals surface area contributed by atoms with Crippen molar-refractivity contribution in [1.82, 2.24) is 15.5 Å². The molecule has 0 saturated heterocycles. The minimum Gasteiger partial charge on any atom is -0.484 e. The minimum atomic E-state index is -0.211. The van der Waals surface area contributed by atoms with E-state index in [1.165, 1.54) is 11.8 Å². The van der Waals surface area contributed by atoms with Gasteiger partial charge in [-0.2, -0.15) is 0 Å². The number of aryl methyl sites for hydroxylation is 2. The number of hydrogen-bond acceptors (Lipinski definition) is 6. The number of amides is 1. The molecule has 2 aromatic rings. The number of nitrogens with zero attached hydrogens (tertiary/aromatic N) is 2. The number of thioether (sulfide) groups is 1. The Labute approximate surface area is 152 Å². The molecule has 6 nitrogen and oxygen atoms in total. The van der Waals surface area contributed by atoms with Gasteiger partial charge in [0.15, 0.2) is 6.61 Å². The summed E-state index contributed by atoms with van der Waals surface area (Å²) in [5.41, 5.74) is 1.97. The standard InChI is InChI=1S/C18H25N3O3S/c1-6-18(4,5)19-15(22)11-25-17-21-20-16(24-17)10-23-14-9-12(2)7-8-13(14)3/h7-9H,6,10-11H2,1-5H3,(H,19,22). The van der Waals surface area contributed by atoms with Crippen molar-refractivity contribution in [3.8, 4) is 5.75 Å². The molecule has 1 amide bonds. The first kappa shape index (κ1) is 19.3. The predicted molar refractivity (Wildman–Crippen MR) is 97.8 cm³/mol. The summed E-state index contributed by atoms with van der Waals surface area (Å²) in [5.74, 6) is 1.37. The van der Waals surface area contributed by atoms with Crippen molar-refractivity contribution in [3.63, 3.8) is 0 Å². The maximum Gasteiger partial charge on any atom is 0.277 e. The predicted octanol–water partition coefficient (Wildman–Crippen LogP) is 3.66. The lowest BCUT2D eigenvalue weighted by Gasteiger charge is -2.24. The van der Waals surface area contributed by atoms with Crippen LogP contribution in [0.5, 0.6) is 5.75 Å². The molecule has 0 aliphatic heterocycles.